The molecule has 3 heterocycles. The van der Waals surface area contributed by atoms with E-state index in [0.29, 0.717) is 6.42 Å². The van der Waals surface area contributed by atoms with E-state index in [0.717, 1.165) is 58.7 Å². The maximum atomic E-state index is 12.5. The predicted octanol–water partition coefficient (Wildman–Crippen LogP) is 0.381. The van der Waals surface area contributed by atoms with Gasteiger partial charge in [0.2, 0.25) is 5.91 Å². The van der Waals surface area contributed by atoms with Gasteiger partial charge in [0.05, 0.1) is 0 Å². The Balaban J connectivity index is 1.51. The van der Waals surface area contributed by atoms with Gasteiger partial charge in [0.1, 0.15) is 12.7 Å². The van der Waals surface area contributed by atoms with Gasteiger partial charge in [-0.25, -0.2) is 4.98 Å². The summed E-state index contributed by atoms with van der Waals surface area (Å²) in [6.45, 7) is 4.99. The smallest absolute Gasteiger partial charge is 0.222 e. The predicted molar refractivity (Wildman–Crippen MR) is 81.3 cm³/mol. The number of carbonyl (C=O) groups excluding carboxylic acids is 1. The number of amides is 1. The maximum absolute atomic E-state index is 12.5. The number of carbonyl (C=O) groups is 1. The molecule has 0 aliphatic carbocycles. The summed E-state index contributed by atoms with van der Waals surface area (Å²) in [5.74, 6) is 0.263. The van der Waals surface area contributed by atoms with Crippen molar-refractivity contribution in [2.75, 3.05) is 39.9 Å². The largest absolute Gasteiger partial charge is 0.381 e. The summed E-state index contributed by atoms with van der Waals surface area (Å²) in [5.41, 5.74) is 0.123. The summed E-state index contributed by atoms with van der Waals surface area (Å²) in [6.07, 6.45) is 6.65. The van der Waals surface area contributed by atoms with Crippen molar-refractivity contribution in [1.82, 2.24) is 24.6 Å². The zero-order chi connectivity index (χ0) is 15.4. The summed E-state index contributed by atoms with van der Waals surface area (Å²) in [6, 6.07) is 0. The van der Waals surface area contributed by atoms with Crippen molar-refractivity contribution in [3.8, 4) is 0 Å². The SMILES string of the molecule is CN1CCN(C(=O)CCCn2cncn2)CC12CCOCC2. The lowest BCUT2D eigenvalue weighted by molar-refractivity contribution is -0.139. The topological polar surface area (TPSA) is 63.5 Å². The molecule has 0 unspecified atom stereocenters. The molecule has 3 rings (SSSR count). The zero-order valence-electron chi connectivity index (χ0n) is 13.3. The van der Waals surface area contributed by atoms with Crippen molar-refractivity contribution < 1.29 is 9.53 Å². The average Bonchev–Trinajstić information content (AvgIpc) is 3.04. The maximum Gasteiger partial charge on any atom is 0.222 e. The number of hydrogen-bond donors (Lipinski definition) is 0. The molecule has 0 bridgehead atoms. The molecule has 1 spiro atoms. The summed E-state index contributed by atoms with van der Waals surface area (Å²) in [7, 11) is 2.18. The van der Waals surface area contributed by atoms with E-state index in [1.165, 1.54) is 6.33 Å². The van der Waals surface area contributed by atoms with Gasteiger partial charge in [-0.2, -0.15) is 5.10 Å². The number of rotatable bonds is 4. The van der Waals surface area contributed by atoms with E-state index in [1.807, 2.05) is 4.90 Å². The molecule has 0 aromatic carbocycles. The highest BCUT2D eigenvalue weighted by molar-refractivity contribution is 5.76. The zero-order valence-corrected chi connectivity index (χ0v) is 13.3. The molecule has 1 amide bonds. The van der Waals surface area contributed by atoms with E-state index in [-0.39, 0.29) is 11.4 Å². The number of ether oxygens (including phenoxy) is 1. The third kappa shape index (κ3) is 3.30. The number of aryl methyl sites for hydroxylation is 1. The minimum absolute atomic E-state index is 0.123. The molecule has 1 aromatic heterocycles. The van der Waals surface area contributed by atoms with Gasteiger partial charge in [-0.3, -0.25) is 14.4 Å². The first-order chi connectivity index (χ1) is 10.7. The van der Waals surface area contributed by atoms with Crippen LogP contribution in [0.3, 0.4) is 0 Å². The van der Waals surface area contributed by atoms with Crippen molar-refractivity contribution in [3.05, 3.63) is 12.7 Å². The summed E-state index contributed by atoms with van der Waals surface area (Å²) in [5, 5.41) is 4.06. The lowest BCUT2D eigenvalue weighted by atomic mass is 9.86. The number of hydrogen-bond acceptors (Lipinski definition) is 5. The first-order valence-corrected chi connectivity index (χ1v) is 8.09. The molecule has 7 nitrogen and oxygen atoms in total. The first-order valence-electron chi connectivity index (χ1n) is 8.09. The van der Waals surface area contributed by atoms with Crippen LogP contribution in [0.5, 0.6) is 0 Å². The van der Waals surface area contributed by atoms with Crippen LogP contribution >= 0.6 is 0 Å². The van der Waals surface area contributed by atoms with Gasteiger partial charge >= 0.3 is 0 Å². The second-order valence-corrected chi connectivity index (χ2v) is 6.34. The van der Waals surface area contributed by atoms with Crippen LogP contribution < -0.4 is 0 Å². The van der Waals surface area contributed by atoms with Gasteiger partial charge in [-0.1, -0.05) is 0 Å². The summed E-state index contributed by atoms with van der Waals surface area (Å²) >= 11 is 0. The van der Waals surface area contributed by atoms with E-state index in [4.69, 9.17) is 4.74 Å². The standard InChI is InChI=1S/C15H25N5O2/c1-18-7-8-19(11-15(18)4-9-22-10-5-15)14(21)3-2-6-20-13-16-12-17-20/h12-13H,2-11H2,1H3. The second-order valence-electron chi connectivity index (χ2n) is 6.34. The van der Waals surface area contributed by atoms with E-state index >= 15 is 0 Å². The second kappa shape index (κ2) is 6.75. The number of likely N-dealkylation sites (N-methyl/N-ethyl adjacent to an activating group) is 1. The normalized spacial score (nSPS) is 22.1. The minimum atomic E-state index is 0.123. The molecule has 7 heteroatoms. The highest BCUT2D eigenvalue weighted by atomic mass is 16.5. The van der Waals surface area contributed by atoms with Crippen LogP contribution in [0.2, 0.25) is 0 Å². The number of piperazine rings is 1. The minimum Gasteiger partial charge on any atom is -0.381 e. The van der Waals surface area contributed by atoms with Gasteiger partial charge in [0.15, 0.2) is 0 Å². The monoisotopic (exact) mass is 307 g/mol. The lowest BCUT2D eigenvalue weighted by Gasteiger charge is -2.51. The molecular formula is C15H25N5O2. The van der Waals surface area contributed by atoms with Crippen molar-refractivity contribution >= 4 is 5.91 Å². The van der Waals surface area contributed by atoms with Gasteiger partial charge in [-0.15, -0.1) is 0 Å². The van der Waals surface area contributed by atoms with Crippen LogP contribution in [-0.2, 0) is 16.1 Å². The van der Waals surface area contributed by atoms with Crippen molar-refractivity contribution in [2.45, 2.75) is 37.8 Å². The molecule has 22 heavy (non-hydrogen) atoms. The van der Waals surface area contributed by atoms with Crippen molar-refractivity contribution in [3.63, 3.8) is 0 Å². The fourth-order valence-electron chi connectivity index (χ4n) is 3.47. The van der Waals surface area contributed by atoms with Gasteiger partial charge in [-0.05, 0) is 26.3 Å². The summed E-state index contributed by atoms with van der Waals surface area (Å²) in [4.78, 5) is 20.9. The third-order valence-electron chi connectivity index (χ3n) is 5.02. The van der Waals surface area contributed by atoms with Gasteiger partial charge in [0, 0.05) is 51.4 Å². The molecule has 0 saturated carbocycles. The van der Waals surface area contributed by atoms with Crippen LogP contribution in [0.4, 0.5) is 0 Å². The first kappa shape index (κ1) is 15.4. The molecule has 2 aliphatic heterocycles. The van der Waals surface area contributed by atoms with Crippen LogP contribution in [0.25, 0.3) is 0 Å². The quantitative estimate of drug-likeness (QED) is 0.805. The molecule has 0 N–H and O–H groups in total. The van der Waals surface area contributed by atoms with Gasteiger partial charge in [0.25, 0.3) is 0 Å². The molecule has 0 radical (unpaired) electrons. The Kier molecular flexibility index (Phi) is 4.73. The van der Waals surface area contributed by atoms with E-state index < -0.39 is 0 Å². The Morgan fingerprint density at radius 2 is 2.14 bits per heavy atom. The molecule has 1 aromatic rings. The third-order valence-corrected chi connectivity index (χ3v) is 5.02. The summed E-state index contributed by atoms with van der Waals surface area (Å²) < 4.78 is 7.28. The molecule has 0 atom stereocenters. The Morgan fingerprint density at radius 3 is 2.86 bits per heavy atom. The highest BCUT2D eigenvalue weighted by Gasteiger charge is 2.41. The van der Waals surface area contributed by atoms with Crippen molar-refractivity contribution in [2.24, 2.45) is 0 Å². The fraction of sp³-hybridized carbons (Fsp3) is 0.800. The van der Waals surface area contributed by atoms with Crippen LogP contribution in [-0.4, -0.2) is 75.9 Å². The highest BCUT2D eigenvalue weighted by Crippen LogP contribution is 2.30. The molecular weight excluding hydrogens is 282 g/mol. The van der Waals surface area contributed by atoms with E-state index in [1.54, 1.807) is 11.0 Å². The average molecular weight is 307 g/mol. The molecule has 2 fully saturated rings. The molecule has 2 aliphatic rings. The van der Waals surface area contributed by atoms with E-state index in [2.05, 4.69) is 22.0 Å². The Hall–Kier alpha value is -1.47. The molecule has 2 saturated heterocycles. The van der Waals surface area contributed by atoms with Crippen LogP contribution in [0.1, 0.15) is 25.7 Å². The van der Waals surface area contributed by atoms with Crippen molar-refractivity contribution in [1.29, 1.82) is 0 Å². The van der Waals surface area contributed by atoms with Crippen LogP contribution in [0.15, 0.2) is 12.7 Å². The van der Waals surface area contributed by atoms with E-state index in [9.17, 15) is 4.79 Å². The fourth-order valence-corrected chi connectivity index (χ4v) is 3.47. The Bertz CT molecular complexity index is 484. The lowest BCUT2D eigenvalue weighted by Crippen LogP contribution is -2.63. The number of aromatic nitrogens is 3. The molecule has 122 valence electrons. The Morgan fingerprint density at radius 1 is 1.32 bits per heavy atom. The van der Waals surface area contributed by atoms with Gasteiger partial charge < -0.3 is 9.64 Å². The Labute approximate surface area is 131 Å². The number of nitrogens with zero attached hydrogens (tertiary/aromatic N) is 5. The van der Waals surface area contributed by atoms with Crippen LogP contribution in [0, 0.1) is 0 Å².